The molecule has 0 saturated heterocycles. The van der Waals surface area contributed by atoms with E-state index in [9.17, 15) is 5.26 Å². The van der Waals surface area contributed by atoms with Crippen molar-refractivity contribution in [3.63, 3.8) is 0 Å². The van der Waals surface area contributed by atoms with E-state index in [0.29, 0.717) is 21.8 Å². The van der Waals surface area contributed by atoms with Crippen molar-refractivity contribution in [2.45, 2.75) is 45.3 Å². The summed E-state index contributed by atoms with van der Waals surface area (Å²) < 4.78 is 1.85. The molecule has 2 heterocycles. The van der Waals surface area contributed by atoms with Crippen molar-refractivity contribution in [1.82, 2.24) is 20.0 Å². The van der Waals surface area contributed by atoms with Gasteiger partial charge in [-0.05, 0) is 43.5 Å². The number of anilines is 2. The molecule has 196 valence electrons. The van der Waals surface area contributed by atoms with Crippen LogP contribution >= 0.6 is 11.6 Å². The third-order valence-electron chi connectivity index (χ3n) is 6.77. The smallest absolute Gasteiger partial charge is 0.109 e. The van der Waals surface area contributed by atoms with Crippen molar-refractivity contribution in [2.24, 2.45) is 0 Å². The average molecular weight is 536 g/mol. The van der Waals surface area contributed by atoms with Gasteiger partial charge in [0.25, 0.3) is 0 Å². The summed E-state index contributed by atoms with van der Waals surface area (Å²) in [7, 11) is 0. The first kappa shape index (κ1) is 26.2. The van der Waals surface area contributed by atoms with Crippen LogP contribution in [-0.2, 0) is 0 Å². The highest BCUT2D eigenvalue weighted by molar-refractivity contribution is 6.35. The van der Waals surface area contributed by atoms with Crippen molar-refractivity contribution in [1.29, 1.82) is 5.26 Å². The molecule has 0 spiro atoms. The largest absolute Gasteiger partial charge is 0.377 e. The highest BCUT2D eigenvalue weighted by atomic mass is 35.5. The summed E-state index contributed by atoms with van der Waals surface area (Å²) in [5.74, 6) is 0. The number of benzene rings is 3. The average Bonchev–Trinajstić information content (AvgIpc) is 3.46. The molecular weight excluding hydrogens is 506 g/mol. The molecule has 0 saturated carbocycles. The molecule has 0 aliphatic rings. The van der Waals surface area contributed by atoms with E-state index in [4.69, 9.17) is 11.6 Å². The molecule has 2 unspecified atom stereocenters. The van der Waals surface area contributed by atoms with Gasteiger partial charge in [-0.1, -0.05) is 84.4 Å². The Labute approximate surface area is 233 Å². The molecule has 39 heavy (non-hydrogen) atoms. The van der Waals surface area contributed by atoms with Crippen LogP contribution in [0.15, 0.2) is 85.2 Å². The Hall–Kier alpha value is -4.41. The second-order valence-electron chi connectivity index (χ2n) is 9.73. The molecule has 0 bridgehead atoms. The first-order chi connectivity index (χ1) is 19.0. The molecule has 8 heteroatoms. The number of nitrogens with zero attached hydrogens (tertiary/aromatic N) is 5. The van der Waals surface area contributed by atoms with Gasteiger partial charge in [-0.25, -0.2) is 4.68 Å². The lowest BCUT2D eigenvalue weighted by Crippen LogP contribution is -2.14. The van der Waals surface area contributed by atoms with Crippen LogP contribution in [0.1, 0.15) is 67.7 Å². The van der Waals surface area contributed by atoms with E-state index in [2.05, 4.69) is 77.0 Å². The SMILES string of the molecule is CCC(Nc1c(C#N)cnc2c(Cl)cc(NC(c3ccccc3)c3cn(C(C)C)nn3)cc12)c1ccccc1. The fourth-order valence-electron chi connectivity index (χ4n) is 4.68. The zero-order valence-electron chi connectivity index (χ0n) is 22.1. The van der Waals surface area contributed by atoms with Crippen molar-refractivity contribution >= 4 is 33.9 Å². The first-order valence-electron chi connectivity index (χ1n) is 13.1. The fraction of sp³-hybridized carbons (Fsp3) is 0.226. The van der Waals surface area contributed by atoms with Gasteiger partial charge in [0.2, 0.25) is 0 Å². The van der Waals surface area contributed by atoms with Gasteiger partial charge < -0.3 is 10.6 Å². The Bertz CT molecular complexity index is 1610. The van der Waals surface area contributed by atoms with Gasteiger partial charge in [0, 0.05) is 23.3 Å². The van der Waals surface area contributed by atoms with Crippen molar-refractivity contribution in [3.8, 4) is 6.07 Å². The maximum atomic E-state index is 9.97. The Morgan fingerprint density at radius 1 is 0.974 bits per heavy atom. The number of fused-ring (bicyclic) bond motifs is 1. The molecule has 0 radical (unpaired) electrons. The molecule has 2 atom stereocenters. The summed E-state index contributed by atoms with van der Waals surface area (Å²) in [4.78, 5) is 4.53. The molecule has 0 aliphatic heterocycles. The van der Waals surface area contributed by atoms with E-state index in [1.807, 2.05) is 59.4 Å². The van der Waals surface area contributed by atoms with Gasteiger partial charge in [-0.15, -0.1) is 5.10 Å². The van der Waals surface area contributed by atoms with Crippen LogP contribution in [0.3, 0.4) is 0 Å². The predicted octanol–water partition coefficient (Wildman–Crippen LogP) is 7.70. The van der Waals surface area contributed by atoms with E-state index in [1.165, 1.54) is 0 Å². The summed E-state index contributed by atoms with van der Waals surface area (Å²) in [5.41, 5.74) is 5.58. The van der Waals surface area contributed by atoms with Crippen LogP contribution in [-0.4, -0.2) is 20.0 Å². The zero-order valence-corrected chi connectivity index (χ0v) is 22.9. The molecular formula is C31H30ClN7. The van der Waals surface area contributed by atoms with Gasteiger partial charge in [0.15, 0.2) is 0 Å². The van der Waals surface area contributed by atoms with Crippen molar-refractivity contribution < 1.29 is 0 Å². The van der Waals surface area contributed by atoms with Crippen molar-refractivity contribution in [2.75, 3.05) is 10.6 Å². The maximum Gasteiger partial charge on any atom is 0.109 e. The minimum atomic E-state index is -0.261. The lowest BCUT2D eigenvalue weighted by molar-refractivity contribution is 0.514. The number of pyridine rings is 1. The summed E-state index contributed by atoms with van der Waals surface area (Å²) in [5, 5.41) is 27.3. The van der Waals surface area contributed by atoms with Crippen LogP contribution < -0.4 is 10.6 Å². The molecule has 5 rings (SSSR count). The topological polar surface area (TPSA) is 91.5 Å². The maximum absolute atomic E-state index is 9.97. The highest BCUT2D eigenvalue weighted by Crippen LogP contribution is 2.37. The quantitative estimate of drug-likeness (QED) is 0.201. The van der Waals surface area contributed by atoms with E-state index < -0.39 is 0 Å². The monoisotopic (exact) mass is 535 g/mol. The van der Waals surface area contributed by atoms with Crippen LogP contribution in [0.4, 0.5) is 11.4 Å². The first-order valence-corrected chi connectivity index (χ1v) is 13.4. The number of halogens is 1. The Kier molecular flexibility index (Phi) is 7.76. The molecule has 0 fully saturated rings. The van der Waals surface area contributed by atoms with Gasteiger partial charge in [0.05, 0.1) is 40.1 Å². The number of aromatic nitrogens is 4. The van der Waals surface area contributed by atoms with Crippen LogP contribution in [0, 0.1) is 11.3 Å². The summed E-state index contributed by atoms with van der Waals surface area (Å²) in [6.07, 6.45) is 4.39. The number of nitrogens with one attached hydrogen (secondary N) is 2. The normalized spacial score (nSPS) is 12.7. The molecule has 3 aromatic carbocycles. The fourth-order valence-corrected chi connectivity index (χ4v) is 4.95. The van der Waals surface area contributed by atoms with Crippen LogP contribution in [0.2, 0.25) is 5.02 Å². The summed E-state index contributed by atoms with van der Waals surface area (Å²) >= 11 is 6.79. The second kappa shape index (κ2) is 11.5. The number of hydrogen-bond acceptors (Lipinski definition) is 6. The highest BCUT2D eigenvalue weighted by Gasteiger charge is 2.21. The molecule has 2 N–H and O–H groups in total. The van der Waals surface area contributed by atoms with E-state index >= 15 is 0 Å². The van der Waals surface area contributed by atoms with Gasteiger partial charge in [-0.2, -0.15) is 5.26 Å². The predicted molar refractivity (Wildman–Crippen MR) is 157 cm³/mol. The lowest BCUT2D eigenvalue weighted by Gasteiger charge is -2.22. The summed E-state index contributed by atoms with van der Waals surface area (Å²) in [6, 6.07) is 26.4. The Morgan fingerprint density at radius 2 is 1.67 bits per heavy atom. The van der Waals surface area contributed by atoms with Crippen LogP contribution in [0.25, 0.3) is 10.9 Å². The zero-order chi connectivity index (χ0) is 27.4. The number of hydrogen-bond donors (Lipinski definition) is 2. The third-order valence-corrected chi connectivity index (χ3v) is 7.06. The van der Waals surface area contributed by atoms with Gasteiger partial charge >= 0.3 is 0 Å². The van der Waals surface area contributed by atoms with Crippen molar-refractivity contribution in [3.05, 3.63) is 113 Å². The Morgan fingerprint density at radius 3 is 2.28 bits per heavy atom. The molecule has 7 nitrogen and oxygen atoms in total. The molecule has 2 aromatic heterocycles. The van der Waals surface area contributed by atoms with Gasteiger partial charge in [-0.3, -0.25) is 4.98 Å². The number of rotatable bonds is 9. The van der Waals surface area contributed by atoms with E-state index in [1.54, 1.807) is 6.20 Å². The molecule has 5 aromatic rings. The number of nitriles is 1. The minimum absolute atomic E-state index is 0.0161. The van der Waals surface area contributed by atoms with E-state index in [-0.39, 0.29) is 18.1 Å². The lowest BCUT2D eigenvalue weighted by atomic mass is 10.0. The molecule has 0 aliphatic carbocycles. The second-order valence-corrected chi connectivity index (χ2v) is 10.1. The third kappa shape index (κ3) is 5.57. The van der Waals surface area contributed by atoms with E-state index in [0.717, 1.165) is 34.3 Å². The minimum Gasteiger partial charge on any atom is -0.377 e. The Balaban J connectivity index is 1.59. The van der Waals surface area contributed by atoms with Gasteiger partial charge in [0.1, 0.15) is 11.8 Å². The molecule has 0 amide bonds. The van der Waals surface area contributed by atoms with Crippen LogP contribution in [0.5, 0.6) is 0 Å². The standard InChI is InChI=1S/C31H30ClN7/c1-4-27(21-11-7-5-8-12-21)36-29-23(17-33)18-34-31-25(29)15-24(16-26(31)32)35-30(22-13-9-6-10-14-22)28-19-39(20(2)3)38-37-28/h5-16,18-20,27,30,35H,4H2,1-3H3,(H,34,36). The summed E-state index contributed by atoms with van der Waals surface area (Å²) in [6.45, 7) is 6.26.